The molecule has 0 amide bonds. The number of nitrogens with zero attached hydrogens (tertiary/aromatic N) is 4. The van der Waals surface area contributed by atoms with E-state index in [1.807, 2.05) is 0 Å². The SMILES string of the molecule is CC[N]=[Ta]([N](C)C)([N](C)C)[N](C)C. The molecular weight excluding hydrogens is 333 g/mol. The fourth-order valence-corrected chi connectivity index (χ4v) is 13.4. The molecule has 5 heteroatoms. The average Bonchev–Trinajstić information content (AvgIpc) is 1.97. The van der Waals surface area contributed by atoms with Crippen molar-refractivity contribution >= 4 is 0 Å². The summed E-state index contributed by atoms with van der Waals surface area (Å²) in [5.41, 5.74) is 0. The van der Waals surface area contributed by atoms with Gasteiger partial charge in [-0.2, -0.15) is 0 Å². The van der Waals surface area contributed by atoms with Crippen LogP contribution in [0, 0.1) is 0 Å². The van der Waals surface area contributed by atoms with Crippen LogP contribution in [0.5, 0.6) is 0 Å². The zero-order valence-corrected chi connectivity index (χ0v) is 13.2. The van der Waals surface area contributed by atoms with Crippen molar-refractivity contribution < 1.29 is 17.7 Å². The van der Waals surface area contributed by atoms with Gasteiger partial charge in [-0.05, 0) is 0 Å². The number of hydrogen-bond acceptors (Lipinski definition) is 1. The van der Waals surface area contributed by atoms with Crippen LogP contribution in [0.15, 0.2) is 3.34 Å². The van der Waals surface area contributed by atoms with Crippen molar-refractivity contribution in [3.63, 3.8) is 0 Å². The van der Waals surface area contributed by atoms with Crippen molar-refractivity contribution in [3.8, 4) is 0 Å². The Bertz CT molecular complexity index is 170. The maximum absolute atomic E-state index is 4.85. The van der Waals surface area contributed by atoms with E-state index in [0.29, 0.717) is 0 Å². The van der Waals surface area contributed by atoms with Gasteiger partial charge in [0.1, 0.15) is 0 Å². The summed E-state index contributed by atoms with van der Waals surface area (Å²) in [5.74, 6) is 0. The first kappa shape index (κ1) is 13.4. The third-order valence-corrected chi connectivity index (χ3v) is 15.9. The standard InChI is InChI=1S/3C2H6N.C2H5N.Ta/c3*1-3-2;1-2-3;/h3*1-2H3;2H2,1H3;/q3*-1;;+3. The van der Waals surface area contributed by atoms with E-state index in [2.05, 4.69) is 59.1 Å². The van der Waals surface area contributed by atoms with Crippen LogP contribution in [0.1, 0.15) is 6.92 Å². The van der Waals surface area contributed by atoms with E-state index < -0.39 is 17.7 Å². The quantitative estimate of drug-likeness (QED) is 0.743. The molecule has 0 spiro atoms. The maximum atomic E-state index is 4.85. The van der Waals surface area contributed by atoms with Gasteiger partial charge in [0.15, 0.2) is 0 Å². The molecular formula is C8H23N4Ta. The Kier molecular flexibility index (Phi) is 5.51. The van der Waals surface area contributed by atoms with Crippen LogP contribution < -0.4 is 0 Å². The number of hydrogen-bond donors (Lipinski definition) is 0. The van der Waals surface area contributed by atoms with Crippen molar-refractivity contribution in [1.29, 1.82) is 0 Å². The Morgan fingerprint density at radius 2 is 1.15 bits per heavy atom. The molecule has 0 heterocycles. The molecule has 0 aliphatic heterocycles. The van der Waals surface area contributed by atoms with E-state index in [1.165, 1.54) is 0 Å². The summed E-state index contributed by atoms with van der Waals surface area (Å²) in [6.45, 7) is 3.02. The molecule has 0 rings (SSSR count). The molecule has 0 radical (unpaired) electrons. The predicted molar refractivity (Wildman–Crippen MR) is 54.0 cm³/mol. The van der Waals surface area contributed by atoms with Gasteiger partial charge in [0, 0.05) is 0 Å². The van der Waals surface area contributed by atoms with Crippen molar-refractivity contribution in [1.82, 2.24) is 9.91 Å². The third kappa shape index (κ3) is 2.68. The first-order valence-electron chi connectivity index (χ1n) is 4.51. The summed E-state index contributed by atoms with van der Waals surface area (Å²) >= 11 is -2.77. The topological polar surface area (TPSA) is 22.1 Å². The summed E-state index contributed by atoms with van der Waals surface area (Å²) in [7, 11) is 12.8. The minimum atomic E-state index is -2.77. The summed E-state index contributed by atoms with van der Waals surface area (Å²) in [4.78, 5) is 0. The van der Waals surface area contributed by atoms with Crippen molar-refractivity contribution in [2.24, 2.45) is 3.34 Å². The van der Waals surface area contributed by atoms with Gasteiger partial charge in [-0.3, -0.25) is 0 Å². The fraction of sp³-hybridized carbons (Fsp3) is 1.00. The molecule has 13 heavy (non-hydrogen) atoms. The molecule has 0 aromatic heterocycles. The van der Waals surface area contributed by atoms with Crippen LogP contribution in [-0.2, 0) is 17.7 Å². The molecule has 0 unspecified atom stereocenters. The van der Waals surface area contributed by atoms with Gasteiger partial charge in [0.25, 0.3) is 0 Å². The number of rotatable bonds is 4. The van der Waals surface area contributed by atoms with E-state index in [1.54, 1.807) is 0 Å². The Morgan fingerprint density at radius 1 is 0.846 bits per heavy atom. The van der Waals surface area contributed by atoms with E-state index >= 15 is 0 Å². The zero-order chi connectivity index (χ0) is 10.6. The Balaban J connectivity index is 5.20. The molecule has 0 N–H and O–H groups in total. The van der Waals surface area contributed by atoms with Crippen molar-refractivity contribution in [2.75, 3.05) is 48.8 Å². The summed E-state index contributed by atoms with van der Waals surface area (Å²) in [5, 5.41) is 0. The molecule has 4 nitrogen and oxygen atoms in total. The second-order valence-electron chi connectivity index (χ2n) is 3.54. The van der Waals surface area contributed by atoms with Crippen LogP contribution in [0.25, 0.3) is 0 Å². The van der Waals surface area contributed by atoms with Gasteiger partial charge in [-0.1, -0.05) is 0 Å². The first-order valence-corrected chi connectivity index (χ1v) is 10.3. The molecule has 0 saturated carbocycles. The summed E-state index contributed by atoms with van der Waals surface area (Å²) in [6, 6.07) is 0. The van der Waals surface area contributed by atoms with Gasteiger partial charge in [0.05, 0.1) is 0 Å². The molecule has 0 aromatic carbocycles. The predicted octanol–water partition coefficient (Wildman–Crippen LogP) is 0.774. The van der Waals surface area contributed by atoms with Gasteiger partial charge in [0.2, 0.25) is 0 Å². The molecule has 0 fully saturated rings. The van der Waals surface area contributed by atoms with Crippen LogP contribution in [0.4, 0.5) is 0 Å². The van der Waals surface area contributed by atoms with Crippen LogP contribution >= 0.6 is 0 Å². The van der Waals surface area contributed by atoms with Gasteiger partial charge in [-0.15, -0.1) is 0 Å². The van der Waals surface area contributed by atoms with E-state index in [-0.39, 0.29) is 0 Å². The molecule has 0 atom stereocenters. The van der Waals surface area contributed by atoms with E-state index in [9.17, 15) is 0 Å². The average molecular weight is 356 g/mol. The first-order chi connectivity index (χ1) is 5.89. The minimum absolute atomic E-state index is 0.910. The normalized spacial score (nSPS) is 13.1. The zero-order valence-electron chi connectivity index (χ0n) is 9.94. The van der Waals surface area contributed by atoms with E-state index in [4.69, 9.17) is 3.34 Å². The van der Waals surface area contributed by atoms with Crippen LogP contribution in [-0.4, -0.2) is 58.7 Å². The van der Waals surface area contributed by atoms with Crippen molar-refractivity contribution in [2.45, 2.75) is 6.92 Å². The third-order valence-electron chi connectivity index (χ3n) is 1.94. The molecule has 0 aliphatic rings. The Hall–Kier alpha value is 0.420. The Morgan fingerprint density at radius 3 is 1.23 bits per heavy atom. The second-order valence-corrected chi connectivity index (χ2v) is 17.0. The van der Waals surface area contributed by atoms with Crippen molar-refractivity contribution in [3.05, 3.63) is 0 Å². The monoisotopic (exact) mass is 356 g/mol. The molecule has 0 aromatic rings. The molecule has 0 aliphatic carbocycles. The van der Waals surface area contributed by atoms with Gasteiger partial charge >= 0.3 is 86.7 Å². The van der Waals surface area contributed by atoms with Crippen LogP contribution in [0.3, 0.4) is 0 Å². The second kappa shape index (κ2) is 5.34. The molecule has 0 saturated heterocycles. The van der Waals surface area contributed by atoms with E-state index in [0.717, 1.165) is 6.54 Å². The van der Waals surface area contributed by atoms with Gasteiger partial charge < -0.3 is 0 Å². The summed E-state index contributed by atoms with van der Waals surface area (Å²) < 4.78 is 11.8. The molecule has 80 valence electrons. The Labute approximate surface area is 86.9 Å². The fourth-order valence-electron chi connectivity index (χ4n) is 1.64. The summed E-state index contributed by atoms with van der Waals surface area (Å²) in [6.07, 6.45) is 0. The molecule has 0 bridgehead atoms. The van der Waals surface area contributed by atoms with Crippen LogP contribution in [0.2, 0.25) is 0 Å². The van der Waals surface area contributed by atoms with Gasteiger partial charge in [-0.25, -0.2) is 0 Å².